The van der Waals surface area contributed by atoms with Crippen molar-refractivity contribution in [1.29, 1.82) is 0 Å². The Kier molecular flexibility index (Phi) is 4.27. The van der Waals surface area contributed by atoms with Gasteiger partial charge in [0.1, 0.15) is 5.52 Å². The number of fused-ring (bicyclic) bond motifs is 1. The minimum absolute atomic E-state index is 0.143. The fourth-order valence-corrected chi connectivity index (χ4v) is 4.76. The van der Waals surface area contributed by atoms with E-state index in [-0.39, 0.29) is 10.8 Å². The predicted molar refractivity (Wildman–Crippen MR) is 96.2 cm³/mol. The van der Waals surface area contributed by atoms with Crippen LogP contribution in [0, 0.1) is 0 Å². The Morgan fingerprint density at radius 2 is 1.72 bits per heavy atom. The van der Waals surface area contributed by atoms with E-state index in [1.165, 1.54) is 4.31 Å². The van der Waals surface area contributed by atoms with Gasteiger partial charge < -0.3 is 4.42 Å². The average Bonchev–Trinajstić information content (AvgIpc) is 3.06. The first-order valence-corrected chi connectivity index (χ1v) is 9.97. The molecule has 1 aliphatic heterocycles. The molecule has 1 fully saturated rings. The molecule has 1 aromatic heterocycles. The minimum atomic E-state index is -3.49. The normalized spacial score (nSPS) is 17.2. The molecule has 0 spiro atoms. The molecule has 0 N–H and O–H groups in total. The Morgan fingerprint density at radius 1 is 1.04 bits per heavy atom. The second-order valence-corrected chi connectivity index (χ2v) is 8.53. The highest BCUT2D eigenvalue weighted by Gasteiger charge is 2.31. The summed E-state index contributed by atoms with van der Waals surface area (Å²) in [5.41, 5.74) is 1.61. The molecule has 1 aliphatic rings. The highest BCUT2D eigenvalue weighted by Crippen LogP contribution is 2.32. The fraction of sp³-hybridized carbons (Fsp3) is 0.278. The molecule has 2 heterocycles. The van der Waals surface area contributed by atoms with E-state index in [0.29, 0.717) is 36.8 Å². The van der Waals surface area contributed by atoms with Crippen LogP contribution in [0.15, 0.2) is 57.8 Å². The van der Waals surface area contributed by atoms with Crippen LogP contribution in [0.2, 0.25) is 5.02 Å². The lowest BCUT2D eigenvalue weighted by Gasteiger charge is -2.29. The van der Waals surface area contributed by atoms with Crippen molar-refractivity contribution in [3.05, 3.63) is 59.4 Å². The largest absolute Gasteiger partial charge is 0.440 e. The number of nitrogens with zero attached hydrogens (tertiary/aromatic N) is 2. The summed E-state index contributed by atoms with van der Waals surface area (Å²) in [4.78, 5) is 4.82. The third-order valence-electron chi connectivity index (χ3n) is 4.57. The van der Waals surface area contributed by atoms with E-state index in [2.05, 4.69) is 4.98 Å². The third kappa shape index (κ3) is 3.17. The summed E-state index contributed by atoms with van der Waals surface area (Å²) in [6.45, 7) is 0.905. The number of piperidine rings is 1. The summed E-state index contributed by atoms with van der Waals surface area (Å²) < 4.78 is 32.8. The Balaban J connectivity index is 1.50. The molecule has 0 saturated carbocycles. The number of hydrogen-bond acceptors (Lipinski definition) is 4. The zero-order chi connectivity index (χ0) is 17.4. The molecule has 0 amide bonds. The molecule has 2 aromatic carbocycles. The molecular weight excluding hydrogens is 360 g/mol. The quantitative estimate of drug-likeness (QED) is 0.691. The van der Waals surface area contributed by atoms with Gasteiger partial charge in [-0.3, -0.25) is 0 Å². The topological polar surface area (TPSA) is 63.4 Å². The first-order valence-electron chi connectivity index (χ1n) is 8.15. The van der Waals surface area contributed by atoms with Gasteiger partial charge in [-0.15, -0.1) is 0 Å². The van der Waals surface area contributed by atoms with Gasteiger partial charge in [-0.25, -0.2) is 13.4 Å². The Morgan fingerprint density at radius 3 is 2.40 bits per heavy atom. The molecule has 130 valence electrons. The highest BCUT2D eigenvalue weighted by atomic mass is 35.5. The van der Waals surface area contributed by atoms with Crippen LogP contribution < -0.4 is 0 Å². The predicted octanol–water partition coefficient (Wildman–Crippen LogP) is 4.05. The van der Waals surface area contributed by atoms with Crippen molar-refractivity contribution in [2.45, 2.75) is 23.7 Å². The fourth-order valence-electron chi connectivity index (χ4n) is 3.16. The molecule has 4 rings (SSSR count). The van der Waals surface area contributed by atoms with Crippen molar-refractivity contribution in [2.75, 3.05) is 13.1 Å². The van der Waals surface area contributed by atoms with E-state index in [1.807, 2.05) is 24.3 Å². The second kappa shape index (κ2) is 6.44. The number of sulfonamides is 1. The molecule has 0 bridgehead atoms. The maximum Gasteiger partial charge on any atom is 0.243 e. The van der Waals surface area contributed by atoms with Crippen molar-refractivity contribution in [1.82, 2.24) is 9.29 Å². The van der Waals surface area contributed by atoms with Gasteiger partial charge in [0.05, 0.1) is 4.90 Å². The number of benzene rings is 2. The van der Waals surface area contributed by atoms with Crippen molar-refractivity contribution < 1.29 is 12.8 Å². The van der Waals surface area contributed by atoms with E-state index < -0.39 is 10.0 Å². The Hall–Kier alpha value is -1.89. The number of aromatic nitrogens is 1. The van der Waals surface area contributed by atoms with Gasteiger partial charge in [0.25, 0.3) is 0 Å². The van der Waals surface area contributed by atoms with E-state index in [0.717, 1.165) is 11.1 Å². The summed E-state index contributed by atoms with van der Waals surface area (Å²) >= 11 is 5.84. The van der Waals surface area contributed by atoms with Crippen LogP contribution >= 0.6 is 11.6 Å². The van der Waals surface area contributed by atoms with Gasteiger partial charge in [-0.2, -0.15) is 4.31 Å². The van der Waals surface area contributed by atoms with Gasteiger partial charge in [0, 0.05) is 24.0 Å². The van der Waals surface area contributed by atoms with Gasteiger partial charge >= 0.3 is 0 Å². The molecule has 0 atom stereocenters. The van der Waals surface area contributed by atoms with Crippen LogP contribution in [0.5, 0.6) is 0 Å². The summed E-state index contributed by atoms with van der Waals surface area (Å²) in [6, 6.07) is 13.9. The zero-order valence-corrected chi connectivity index (χ0v) is 15.0. The summed E-state index contributed by atoms with van der Waals surface area (Å²) in [7, 11) is -3.49. The van der Waals surface area contributed by atoms with Crippen LogP contribution in [0.1, 0.15) is 24.7 Å². The van der Waals surface area contributed by atoms with Gasteiger partial charge in [-0.1, -0.05) is 23.7 Å². The smallest absolute Gasteiger partial charge is 0.243 e. The number of oxazole rings is 1. The number of halogens is 1. The van der Waals surface area contributed by atoms with Crippen molar-refractivity contribution >= 4 is 32.7 Å². The molecule has 25 heavy (non-hydrogen) atoms. The van der Waals surface area contributed by atoms with Crippen LogP contribution in [-0.2, 0) is 10.0 Å². The average molecular weight is 377 g/mol. The highest BCUT2D eigenvalue weighted by molar-refractivity contribution is 7.89. The first-order chi connectivity index (χ1) is 12.0. The third-order valence-corrected chi connectivity index (χ3v) is 6.73. The monoisotopic (exact) mass is 376 g/mol. The maximum absolute atomic E-state index is 12.7. The molecule has 0 unspecified atom stereocenters. The SMILES string of the molecule is O=S(=O)(c1ccc(Cl)cc1)N1CCC(c2nc3ccccc3o2)CC1. The van der Waals surface area contributed by atoms with E-state index in [4.69, 9.17) is 16.0 Å². The van der Waals surface area contributed by atoms with E-state index in [1.54, 1.807) is 24.3 Å². The Labute approximate surface area is 151 Å². The summed E-state index contributed by atoms with van der Waals surface area (Å²) in [5, 5.41) is 0.522. The van der Waals surface area contributed by atoms with E-state index >= 15 is 0 Å². The van der Waals surface area contributed by atoms with Gasteiger partial charge in [-0.05, 0) is 49.2 Å². The molecule has 0 radical (unpaired) electrons. The lowest BCUT2D eigenvalue weighted by Crippen LogP contribution is -2.37. The van der Waals surface area contributed by atoms with Crippen LogP contribution in [-0.4, -0.2) is 30.8 Å². The molecule has 0 aliphatic carbocycles. The van der Waals surface area contributed by atoms with Crippen molar-refractivity contribution in [2.24, 2.45) is 0 Å². The van der Waals surface area contributed by atoms with E-state index in [9.17, 15) is 8.42 Å². The van der Waals surface area contributed by atoms with Crippen molar-refractivity contribution in [3.63, 3.8) is 0 Å². The molecule has 5 nitrogen and oxygen atoms in total. The van der Waals surface area contributed by atoms with Crippen LogP contribution in [0.3, 0.4) is 0 Å². The first kappa shape index (κ1) is 16.6. The lowest BCUT2D eigenvalue weighted by atomic mass is 9.98. The van der Waals surface area contributed by atoms with Crippen LogP contribution in [0.25, 0.3) is 11.1 Å². The van der Waals surface area contributed by atoms with Crippen molar-refractivity contribution in [3.8, 4) is 0 Å². The number of rotatable bonds is 3. The molecule has 3 aromatic rings. The standard InChI is InChI=1S/C18H17ClN2O3S/c19-14-5-7-15(8-6-14)25(22,23)21-11-9-13(10-12-21)18-20-16-3-1-2-4-17(16)24-18/h1-8,13H,9-12H2. The molecule has 1 saturated heterocycles. The summed E-state index contributed by atoms with van der Waals surface area (Å²) in [6.07, 6.45) is 1.39. The lowest BCUT2D eigenvalue weighted by molar-refractivity contribution is 0.293. The second-order valence-electron chi connectivity index (χ2n) is 6.15. The van der Waals surface area contributed by atoms with Crippen LogP contribution in [0.4, 0.5) is 0 Å². The van der Waals surface area contributed by atoms with Gasteiger partial charge in [0.15, 0.2) is 11.5 Å². The number of para-hydroxylation sites is 2. The maximum atomic E-state index is 12.7. The Bertz CT molecular complexity index is 958. The number of hydrogen-bond donors (Lipinski definition) is 0. The molecular formula is C18H17ClN2O3S. The summed E-state index contributed by atoms with van der Waals surface area (Å²) in [5.74, 6) is 0.841. The zero-order valence-electron chi connectivity index (χ0n) is 13.4. The van der Waals surface area contributed by atoms with Gasteiger partial charge in [0.2, 0.25) is 10.0 Å². The molecule has 7 heteroatoms. The minimum Gasteiger partial charge on any atom is -0.440 e.